The van der Waals surface area contributed by atoms with Gasteiger partial charge in [-0.25, -0.2) is 0 Å². The number of ether oxygens (including phenoxy) is 2. The maximum atomic E-state index is 12.8. The van der Waals surface area contributed by atoms with Gasteiger partial charge in [0.2, 0.25) is 5.91 Å². The van der Waals surface area contributed by atoms with E-state index in [9.17, 15) is 19.5 Å². The molecular weight excluding hydrogens is 434 g/mol. The first-order chi connectivity index (χ1) is 16.0. The fraction of sp³-hybridized carbons (Fsp3) is 0.741. The molecule has 7 nitrogen and oxygen atoms in total. The van der Waals surface area contributed by atoms with Crippen LogP contribution in [0.15, 0.2) is 23.8 Å². The summed E-state index contributed by atoms with van der Waals surface area (Å²) in [5.74, 6) is -0.187. The first-order valence-corrected chi connectivity index (χ1v) is 12.7. The first-order valence-electron chi connectivity index (χ1n) is 12.7. The lowest BCUT2D eigenvalue weighted by molar-refractivity contribution is -0.160. The van der Waals surface area contributed by atoms with Crippen molar-refractivity contribution in [3.05, 3.63) is 23.8 Å². The van der Waals surface area contributed by atoms with Gasteiger partial charge in [-0.15, -0.1) is 0 Å². The molecule has 3 rings (SSSR count). The Balaban J connectivity index is 1.77. The fourth-order valence-corrected chi connectivity index (χ4v) is 5.44. The lowest BCUT2D eigenvalue weighted by Crippen LogP contribution is -2.40. The minimum absolute atomic E-state index is 0.0416. The molecule has 0 aromatic rings. The van der Waals surface area contributed by atoms with Crippen molar-refractivity contribution < 1.29 is 29.0 Å². The van der Waals surface area contributed by atoms with Crippen molar-refractivity contribution in [2.75, 3.05) is 20.7 Å². The summed E-state index contributed by atoms with van der Waals surface area (Å²) in [6.07, 6.45) is 9.79. The van der Waals surface area contributed by atoms with Crippen LogP contribution in [0.4, 0.5) is 0 Å². The van der Waals surface area contributed by atoms with Gasteiger partial charge in [-0.1, -0.05) is 25.2 Å². The number of fused-ring (bicyclic) bond motifs is 1. The second-order valence-corrected chi connectivity index (χ2v) is 11.0. The van der Waals surface area contributed by atoms with Crippen LogP contribution < -0.4 is 0 Å². The number of carbonyl (C=O) groups excluding carboxylic acids is 3. The molecule has 6 atom stereocenters. The molecule has 0 aromatic heterocycles. The topological polar surface area (TPSA) is 93.1 Å². The summed E-state index contributed by atoms with van der Waals surface area (Å²) >= 11 is 0. The molecule has 0 spiro atoms. The van der Waals surface area contributed by atoms with Gasteiger partial charge in [-0.2, -0.15) is 0 Å². The highest BCUT2D eigenvalue weighted by molar-refractivity contribution is 5.80. The van der Waals surface area contributed by atoms with E-state index in [-0.39, 0.29) is 48.1 Å². The van der Waals surface area contributed by atoms with Crippen LogP contribution >= 0.6 is 0 Å². The smallest absolute Gasteiger partial charge is 0.311 e. The molecule has 0 unspecified atom stereocenters. The number of allylic oxidation sites excluding steroid dienone is 3. The molecular formula is C27H41NO6. The Morgan fingerprint density at radius 2 is 1.94 bits per heavy atom. The second kappa shape index (κ2) is 11.1. The zero-order valence-corrected chi connectivity index (χ0v) is 21.3. The Hall–Kier alpha value is -2.15. The Labute approximate surface area is 203 Å². The summed E-state index contributed by atoms with van der Waals surface area (Å²) in [6.45, 7) is 6.06. The second-order valence-electron chi connectivity index (χ2n) is 11.0. The number of amides is 1. The van der Waals surface area contributed by atoms with Crippen LogP contribution in [0.3, 0.4) is 0 Å². The third kappa shape index (κ3) is 6.29. The van der Waals surface area contributed by atoms with E-state index in [1.165, 1.54) is 0 Å². The van der Waals surface area contributed by atoms with Crippen LogP contribution in [-0.2, 0) is 23.9 Å². The SMILES string of the molecule is CCC(C)(C)C(=O)OC[C@H]1C[C@H](C(=O)N(C)C)C=C2C=CC[C@H](CC[C@@H]3C[C@@H](O)CC(=O)O3)[C@@H]21. The van der Waals surface area contributed by atoms with E-state index < -0.39 is 11.5 Å². The van der Waals surface area contributed by atoms with Gasteiger partial charge < -0.3 is 19.5 Å². The number of hydrogen-bond acceptors (Lipinski definition) is 6. The lowest BCUT2D eigenvalue weighted by Gasteiger charge is -2.42. The van der Waals surface area contributed by atoms with Crippen molar-refractivity contribution in [2.45, 2.75) is 77.9 Å². The highest BCUT2D eigenvalue weighted by Crippen LogP contribution is 2.45. The van der Waals surface area contributed by atoms with Crippen LogP contribution in [-0.4, -0.2) is 60.8 Å². The van der Waals surface area contributed by atoms with Crippen LogP contribution in [0.5, 0.6) is 0 Å². The van der Waals surface area contributed by atoms with Gasteiger partial charge in [0.15, 0.2) is 0 Å². The number of aliphatic hydroxyl groups is 1. The van der Waals surface area contributed by atoms with Gasteiger partial charge in [0.05, 0.1) is 30.5 Å². The largest absolute Gasteiger partial charge is 0.465 e. The van der Waals surface area contributed by atoms with Crippen LogP contribution in [0, 0.1) is 29.1 Å². The van der Waals surface area contributed by atoms with Crippen LogP contribution in [0.2, 0.25) is 0 Å². The molecule has 1 heterocycles. The van der Waals surface area contributed by atoms with E-state index in [0.29, 0.717) is 38.2 Å². The summed E-state index contributed by atoms with van der Waals surface area (Å²) < 4.78 is 11.3. The molecule has 0 bridgehead atoms. The molecule has 2 aliphatic carbocycles. The van der Waals surface area contributed by atoms with E-state index in [1.54, 1.807) is 19.0 Å². The third-order valence-corrected chi connectivity index (χ3v) is 7.82. The van der Waals surface area contributed by atoms with Crippen LogP contribution in [0.25, 0.3) is 0 Å². The normalized spacial score (nSPS) is 31.2. The molecule has 1 N–H and O–H groups in total. The van der Waals surface area contributed by atoms with Crippen molar-refractivity contribution >= 4 is 17.8 Å². The minimum Gasteiger partial charge on any atom is -0.465 e. The van der Waals surface area contributed by atoms with E-state index in [0.717, 1.165) is 18.4 Å². The van der Waals surface area contributed by atoms with Gasteiger partial charge in [0.1, 0.15) is 6.10 Å². The molecule has 190 valence electrons. The Bertz CT molecular complexity index is 829. The summed E-state index contributed by atoms with van der Waals surface area (Å²) in [4.78, 5) is 38.9. The van der Waals surface area contributed by atoms with Gasteiger partial charge >= 0.3 is 11.9 Å². The average Bonchev–Trinajstić information content (AvgIpc) is 2.79. The van der Waals surface area contributed by atoms with E-state index >= 15 is 0 Å². The average molecular weight is 476 g/mol. The van der Waals surface area contributed by atoms with E-state index in [4.69, 9.17) is 9.47 Å². The number of esters is 2. The lowest BCUT2D eigenvalue weighted by atomic mass is 9.64. The molecule has 34 heavy (non-hydrogen) atoms. The molecule has 0 radical (unpaired) electrons. The summed E-state index contributed by atoms with van der Waals surface area (Å²) in [7, 11) is 3.54. The monoisotopic (exact) mass is 475 g/mol. The maximum Gasteiger partial charge on any atom is 0.311 e. The van der Waals surface area contributed by atoms with Crippen molar-refractivity contribution in [2.24, 2.45) is 29.1 Å². The molecule has 0 aromatic carbocycles. The summed E-state index contributed by atoms with van der Waals surface area (Å²) in [5.41, 5.74) is 0.600. The quantitative estimate of drug-likeness (QED) is 0.539. The molecule has 7 heteroatoms. The van der Waals surface area contributed by atoms with Crippen molar-refractivity contribution in [1.29, 1.82) is 0 Å². The third-order valence-electron chi connectivity index (χ3n) is 7.82. The Morgan fingerprint density at radius 1 is 1.21 bits per heavy atom. The Morgan fingerprint density at radius 3 is 2.59 bits per heavy atom. The molecule has 1 saturated heterocycles. The minimum atomic E-state index is -0.630. The van der Waals surface area contributed by atoms with Crippen molar-refractivity contribution in [1.82, 2.24) is 4.90 Å². The predicted octanol–water partition coefficient (Wildman–Crippen LogP) is 3.66. The number of rotatable bonds is 8. The standard InChI is InChI=1S/C27H41NO6/c1-6-27(2,3)26(32)33-16-20-13-19(25(31)28(4)5)12-18-9-7-8-17(24(18)20)10-11-22-14-21(29)15-23(30)34-22/h7,9,12,17,19-22,24,29H,6,8,10-11,13-16H2,1-5H3/t17-,19-,20-,21-,22-,24+/m1/s1. The molecule has 1 fully saturated rings. The van der Waals surface area contributed by atoms with Crippen LogP contribution in [0.1, 0.15) is 65.7 Å². The highest BCUT2D eigenvalue weighted by atomic mass is 16.5. The number of nitrogens with zero attached hydrogens (tertiary/aromatic N) is 1. The van der Waals surface area contributed by atoms with Gasteiger partial charge in [-0.3, -0.25) is 14.4 Å². The molecule has 0 saturated carbocycles. The predicted molar refractivity (Wildman–Crippen MR) is 128 cm³/mol. The Kier molecular flexibility index (Phi) is 8.61. The van der Waals surface area contributed by atoms with Gasteiger partial charge in [-0.05, 0) is 63.4 Å². The number of hydrogen-bond donors (Lipinski definition) is 1. The zero-order valence-electron chi connectivity index (χ0n) is 21.3. The molecule has 3 aliphatic rings. The summed E-state index contributed by atoms with van der Waals surface area (Å²) in [5, 5.41) is 9.94. The maximum absolute atomic E-state index is 12.8. The fourth-order valence-electron chi connectivity index (χ4n) is 5.44. The first kappa shape index (κ1) is 26.5. The van der Waals surface area contributed by atoms with Crippen molar-refractivity contribution in [3.8, 4) is 0 Å². The van der Waals surface area contributed by atoms with Gasteiger partial charge in [0.25, 0.3) is 0 Å². The highest BCUT2D eigenvalue weighted by Gasteiger charge is 2.41. The van der Waals surface area contributed by atoms with E-state index in [1.807, 2.05) is 20.8 Å². The van der Waals surface area contributed by atoms with E-state index in [2.05, 4.69) is 18.2 Å². The number of aliphatic hydroxyl groups excluding tert-OH is 1. The van der Waals surface area contributed by atoms with Gasteiger partial charge in [0, 0.05) is 26.4 Å². The number of carbonyl (C=O) groups is 3. The molecule has 1 amide bonds. The zero-order chi connectivity index (χ0) is 25.0. The molecule has 1 aliphatic heterocycles. The van der Waals surface area contributed by atoms with Crippen molar-refractivity contribution in [3.63, 3.8) is 0 Å². The summed E-state index contributed by atoms with van der Waals surface area (Å²) in [6, 6.07) is 0. The number of cyclic esters (lactones) is 1.